The van der Waals surface area contributed by atoms with E-state index in [1.54, 1.807) is 0 Å². The Morgan fingerprint density at radius 2 is 0.788 bits per heavy atom. The molecule has 1 spiro atoms. The van der Waals surface area contributed by atoms with Crippen molar-refractivity contribution in [2.75, 3.05) is 13.2 Å². The molecule has 358 valence electrons. The molecule has 1 aliphatic heterocycles. The van der Waals surface area contributed by atoms with Gasteiger partial charge in [0, 0.05) is 61.1 Å². The molecule has 4 aliphatic rings. The monoisotopic (exact) mass is 1160 g/mol. The van der Waals surface area contributed by atoms with Crippen molar-refractivity contribution in [2.24, 2.45) is 0 Å². The molecule has 0 unspecified atom stereocenters. The van der Waals surface area contributed by atoms with Crippen molar-refractivity contribution in [3.63, 3.8) is 0 Å². The average Bonchev–Trinajstić information content (AvgIpc) is 4.06. The smallest absolute Gasteiger partial charge is 0.335 e. The molecule has 4 fully saturated rings. The molecule has 10 rings (SSSR count). The van der Waals surface area contributed by atoms with Crippen LogP contribution in [0.25, 0.3) is 16.6 Å². The van der Waals surface area contributed by atoms with Gasteiger partial charge in [0.2, 0.25) is 0 Å². The third-order valence-electron chi connectivity index (χ3n) is 12.0. The van der Waals surface area contributed by atoms with Gasteiger partial charge in [-0.2, -0.15) is 40.5 Å². The quantitative estimate of drug-likeness (QED) is 0.184. The molecular formula is C41H50Br3N9O10S3. The van der Waals surface area contributed by atoms with Gasteiger partial charge in [0.1, 0.15) is 17.5 Å². The Morgan fingerprint density at radius 3 is 1.08 bits per heavy atom. The number of aliphatic hydroxyl groups is 2. The highest BCUT2D eigenvalue weighted by Crippen LogP contribution is 2.43. The highest BCUT2D eigenvalue weighted by atomic mass is 79.9. The Labute approximate surface area is 416 Å². The van der Waals surface area contributed by atoms with Crippen LogP contribution < -0.4 is 0 Å². The van der Waals surface area contributed by atoms with Crippen molar-refractivity contribution in [3.05, 3.63) is 84.8 Å². The number of rotatable bonds is 3. The lowest BCUT2D eigenvalue weighted by Gasteiger charge is -2.35. The molecule has 25 heteroatoms. The van der Waals surface area contributed by atoms with E-state index < -0.39 is 34.7 Å². The standard InChI is InChI=1S/C15H18BrN3O2.2C13H16BrN3O.3O2S/c1-10-17-9-14-12(16)8-13(19(14)18-10)11-2-4-15(5-3-11)20-6-7-21-15;2*1-8-15-7-13-11(14)6-12(17(13)16-8)9-2-4-10(18)5-3-9;3*1-3-2/h8-9,11H,2-7H2,1H3;2*6-7,9-10,18H,2-5H2,1H3;;;. The van der Waals surface area contributed by atoms with Crippen LogP contribution in [0.1, 0.15) is 129 Å². The minimum Gasteiger partial charge on any atom is -0.393 e. The Kier molecular flexibility index (Phi) is 21.0. The number of nitrogens with zero attached hydrogens (tertiary/aromatic N) is 9. The lowest BCUT2D eigenvalue weighted by molar-refractivity contribution is -0.179. The van der Waals surface area contributed by atoms with E-state index in [0.29, 0.717) is 17.8 Å². The molecule has 7 heterocycles. The summed E-state index contributed by atoms with van der Waals surface area (Å²) < 4.78 is 70.6. The van der Waals surface area contributed by atoms with Crippen LogP contribution in [0, 0.1) is 20.8 Å². The van der Waals surface area contributed by atoms with Gasteiger partial charge in [0.25, 0.3) is 0 Å². The first-order valence-corrected chi connectivity index (χ1v) is 25.5. The lowest BCUT2D eigenvalue weighted by Crippen LogP contribution is -2.34. The molecule has 1 saturated heterocycles. The van der Waals surface area contributed by atoms with Crippen molar-refractivity contribution in [2.45, 2.75) is 134 Å². The van der Waals surface area contributed by atoms with Gasteiger partial charge in [0.15, 0.2) is 5.79 Å². The summed E-state index contributed by atoms with van der Waals surface area (Å²) in [4.78, 5) is 12.8. The van der Waals surface area contributed by atoms with E-state index >= 15 is 0 Å². The minimum atomic E-state index is -0.750. The Bertz CT molecular complexity index is 2520. The maximum atomic E-state index is 9.59. The number of fused-ring (bicyclic) bond motifs is 3. The Morgan fingerprint density at radius 1 is 0.515 bits per heavy atom. The third-order valence-corrected chi connectivity index (χ3v) is 13.9. The van der Waals surface area contributed by atoms with Gasteiger partial charge in [0.05, 0.1) is 60.6 Å². The zero-order valence-corrected chi connectivity index (χ0v) is 43.5. The second-order valence-corrected chi connectivity index (χ2v) is 19.1. The third kappa shape index (κ3) is 13.9. The molecular weight excluding hydrogens is 1110 g/mol. The summed E-state index contributed by atoms with van der Waals surface area (Å²) in [5.41, 5.74) is 6.78. The van der Waals surface area contributed by atoms with Gasteiger partial charge in [-0.15, -0.1) is 0 Å². The lowest BCUT2D eigenvalue weighted by atomic mass is 9.83. The van der Waals surface area contributed by atoms with Gasteiger partial charge in [-0.05, 0) is 151 Å². The fourth-order valence-electron chi connectivity index (χ4n) is 8.93. The van der Waals surface area contributed by atoms with E-state index in [4.69, 9.17) is 34.7 Å². The Hall–Kier alpha value is -3.40. The zero-order valence-electron chi connectivity index (χ0n) is 36.3. The van der Waals surface area contributed by atoms with Gasteiger partial charge >= 0.3 is 34.7 Å². The van der Waals surface area contributed by atoms with Crippen LogP contribution in [-0.4, -0.2) is 110 Å². The molecule has 6 aromatic heterocycles. The first-order valence-electron chi connectivity index (χ1n) is 21.1. The molecule has 2 N–H and O–H groups in total. The molecule has 0 bridgehead atoms. The van der Waals surface area contributed by atoms with Gasteiger partial charge in [-0.3, -0.25) is 0 Å². The molecule has 66 heavy (non-hydrogen) atoms. The van der Waals surface area contributed by atoms with Gasteiger partial charge < -0.3 is 19.7 Å². The van der Waals surface area contributed by atoms with E-state index in [-0.39, 0.29) is 18.0 Å². The number of hydrogen-bond donors (Lipinski definition) is 2. The van der Waals surface area contributed by atoms with Crippen molar-refractivity contribution in [3.8, 4) is 0 Å². The summed E-state index contributed by atoms with van der Waals surface area (Å²) in [6.45, 7) is 7.20. The van der Waals surface area contributed by atoms with Crippen molar-refractivity contribution in [1.29, 1.82) is 0 Å². The first kappa shape index (κ1) is 53.6. The predicted molar refractivity (Wildman–Crippen MR) is 253 cm³/mol. The number of hydrogen-bond acceptors (Lipinski definition) is 16. The average molecular weight is 1160 g/mol. The van der Waals surface area contributed by atoms with Crippen LogP contribution in [0.3, 0.4) is 0 Å². The van der Waals surface area contributed by atoms with E-state index in [2.05, 4.69) is 96.2 Å². The second kappa shape index (κ2) is 25.8. The number of halogens is 3. The number of aromatic nitrogens is 9. The molecule has 0 atom stereocenters. The van der Waals surface area contributed by atoms with E-state index in [9.17, 15) is 10.2 Å². The predicted octanol–water partition coefficient (Wildman–Crippen LogP) is 6.83. The molecule has 3 aliphatic carbocycles. The summed E-state index contributed by atoms with van der Waals surface area (Å²) in [6.07, 6.45) is 17.1. The van der Waals surface area contributed by atoms with Crippen LogP contribution in [0.5, 0.6) is 0 Å². The van der Waals surface area contributed by atoms with Gasteiger partial charge in [-0.1, -0.05) is 0 Å². The second-order valence-electron chi connectivity index (χ2n) is 16.2. The molecule has 0 amide bonds. The fourth-order valence-corrected chi connectivity index (χ4v) is 10.4. The van der Waals surface area contributed by atoms with Crippen LogP contribution in [0.4, 0.5) is 0 Å². The van der Waals surface area contributed by atoms with E-state index in [0.717, 1.165) is 138 Å². The normalized spacial score (nSPS) is 21.1. The Balaban J connectivity index is 0.000000171. The van der Waals surface area contributed by atoms with Crippen LogP contribution >= 0.6 is 47.8 Å². The molecule has 6 aromatic rings. The van der Waals surface area contributed by atoms with Crippen molar-refractivity contribution >= 4 is 99.1 Å². The molecule has 3 saturated carbocycles. The molecule has 0 radical (unpaired) electrons. The summed E-state index contributed by atoms with van der Waals surface area (Å²) >= 11 is 8.51. The van der Waals surface area contributed by atoms with Crippen LogP contribution in [0.2, 0.25) is 0 Å². The molecule has 0 aromatic carbocycles. The van der Waals surface area contributed by atoms with Gasteiger partial charge in [-0.25, -0.2) is 28.5 Å². The topological polar surface area (TPSA) is 252 Å². The van der Waals surface area contributed by atoms with E-state index in [1.165, 1.54) is 17.1 Å². The SMILES string of the molecule is Cc1ncc2c(Br)cc(C3CCC(O)CC3)n2n1.Cc1ncc2c(Br)cc(C3CCC(O)CC3)n2n1.Cc1ncc2c(Br)cc(C3CCC4(CC3)OCCO4)n2n1.O=S=O.O=S=O.O=S=O. The summed E-state index contributed by atoms with van der Waals surface area (Å²) in [6, 6.07) is 6.47. The van der Waals surface area contributed by atoms with E-state index in [1.807, 2.05) is 52.9 Å². The fraction of sp³-hybridized carbons (Fsp3) is 0.561. The summed E-state index contributed by atoms with van der Waals surface area (Å²) in [5.74, 6) is 3.53. The molecule has 19 nitrogen and oxygen atoms in total. The number of aliphatic hydroxyl groups excluding tert-OH is 2. The summed E-state index contributed by atoms with van der Waals surface area (Å²) in [5, 5.41) is 32.8. The highest BCUT2D eigenvalue weighted by Gasteiger charge is 2.41. The summed E-state index contributed by atoms with van der Waals surface area (Å²) in [7, 11) is 0. The van der Waals surface area contributed by atoms with Crippen molar-refractivity contribution in [1.82, 2.24) is 43.8 Å². The number of aryl methyl sites for hydroxylation is 3. The highest BCUT2D eigenvalue weighted by molar-refractivity contribution is 9.11. The number of ether oxygens (including phenoxy) is 2. The largest absolute Gasteiger partial charge is 0.393 e. The first-order chi connectivity index (χ1) is 31.7. The minimum absolute atomic E-state index is 0.118. The maximum absolute atomic E-state index is 9.59. The zero-order chi connectivity index (χ0) is 48.0. The van der Waals surface area contributed by atoms with Crippen molar-refractivity contribution < 1.29 is 44.9 Å². The maximum Gasteiger partial charge on any atom is 0.335 e. The van der Waals surface area contributed by atoms with Crippen LogP contribution in [-0.2, 0) is 44.2 Å². The van der Waals surface area contributed by atoms with Crippen LogP contribution in [0.15, 0.2) is 50.2 Å².